The largest absolute Gasteiger partial charge is 0.480 e. The molecule has 1 rings (SSSR count). The smallest absolute Gasteiger partial charge is 0.323 e. The molecule has 0 saturated carbocycles. The summed E-state index contributed by atoms with van der Waals surface area (Å²) >= 11 is 0. The van der Waals surface area contributed by atoms with Gasteiger partial charge < -0.3 is 14.9 Å². The summed E-state index contributed by atoms with van der Waals surface area (Å²) in [6.07, 6.45) is 0.974. The van der Waals surface area contributed by atoms with Gasteiger partial charge in [-0.1, -0.05) is 27.7 Å². The summed E-state index contributed by atoms with van der Waals surface area (Å²) in [6.45, 7) is 9.93. The number of carbonyl (C=O) groups is 2. The Morgan fingerprint density at radius 2 is 2.00 bits per heavy atom. The molecule has 18 heavy (non-hydrogen) atoms. The average Bonchev–Trinajstić information content (AvgIpc) is 2.55. The highest BCUT2D eigenvalue weighted by Crippen LogP contribution is 2.29. The van der Waals surface area contributed by atoms with Crippen molar-refractivity contribution in [2.24, 2.45) is 11.3 Å². The zero-order valence-corrected chi connectivity index (χ0v) is 11.8. The molecule has 1 saturated heterocycles. The van der Waals surface area contributed by atoms with Crippen molar-refractivity contribution in [3.8, 4) is 0 Å². The number of aliphatic carboxylic acids is 1. The highest BCUT2D eigenvalue weighted by Gasteiger charge is 2.34. The van der Waals surface area contributed by atoms with E-state index in [4.69, 9.17) is 5.11 Å². The summed E-state index contributed by atoms with van der Waals surface area (Å²) in [5.41, 5.74) is 0.141. The van der Waals surface area contributed by atoms with Crippen molar-refractivity contribution in [1.82, 2.24) is 9.80 Å². The zero-order chi connectivity index (χ0) is 13.9. The van der Waals surface area contributed by atoms with Gasteiger partial charge >= 0.3 is 12.0 Å². The molecule has 1 N–H and O–H groups in total. The van der Waals surface area contributed by atoms with E-state index in [0.29, 0.717) is 13.1 Å². The molecule has 0 spiro atoms. The number of hydrogen-bond donors (Lipinski definition) is 1. The van der Waals surface area contributed by atoms with Crippen molar-refractivity contribution >= 4 is 12.0 Å². The van der Waals surface area contributed by atoms with Crippen molar-refractivity contribution in [2.45, 2.75) is 34.1 Å². The van der Waals surface area contributed by atoms with Crippen molar-refractivity contribution in [1.29, 1.82) is 0 Å². The van der Waals surface area contributed by atoms with E-state index in [2.05, 4.69) is 13.8 Å². The van der Waals surface area contributed by atoms with Gasteiger partial charge in [-0.05, 0) is 17.8 Å². The van der Waals surface area contributed by atoms with Gasteiger partial charge in [0.25, 0.3) is 0 Å². The van der Waals surface area contributed by atoms with Crippen molar-refractivity contribution in [3.05, 3.63) is 0 Å². The predicted octanol–water partition coefficient (Wildman–Crippen LogP) is 1.88. The molecule has 1 aliphatic heterocycles. The maximum absolute atomic E-state index is 12.3. The van der Waals surface area contributed by atoms with Crippen LogP contribution in [0, 0.1) is 11.3 Å². The van der Waals surface area contributed by atoms with E-state index in [1.807, 2.05) is 13.8 Å². The number of likely N-dealkylation sites (tertiary alicyclic amines) is 1. The fourth-order valence-corrected chi connectivity index (χ4v) is 2.29. The van der Waals surface area contributed by atoms with Crippen LogP contribution < -0.4 is 0 Å². The van der Waals surface area contributed by atoms with Gasteiger partial charge in [0, 0.05) is 19.6 Å². The minimum Gasteiger partial charge on any atom is -0.480 e. The highest BCUT2D eigenvalue weighted by molar-refractivity contribution is 5.80. The number of carboxylic acid groups (broad SMARTS) is 1. The van der Waals surface area contributed by atoms with Crippen LogP contribution in [0.3, 0.4) is 0 Å². The molecule has 5 heteroatoms. The molecule has 104 valence electrons. The third-order valence-corrected chi connectivity index (χ3v) is 3.13. The first-order valence-corrected chi connectivity index (χ1v) is 6.47. The van der Waals surface area contributed by atoms with Gasteiger partial charge in [0.05, 0.1) is 0 Å². The first-order valence-electron chi connectivity index (χ1n) is 6.47. The molecule has 2 amide bonds. The third-order valence-electron chi connectivity index (χ3n) is 3.13. The molecule has 1 fully saturated rings. The van der Waals surface area contributed by atoms with E-state index in [0.717, 1.165) is 13.0 Å². The molecule has 0 aromatic heterocycles. The summed E-state index contributed by atoms with van der Waals surface area (Å²) < 4.78 is 0. The van der Waals surface area contributed by atoms with Gasteiger partial charge in [-0.15, -0.1) is 0 Å². The number of carbonyl (C=O) groups excluding carboxylic acids is 1. The Morgan fingerprint density at radius 3 is 2.39 bits per heavy atom. The number of carboxylic acids is 1. The lowest BCUT2D eigenvalue weighted by Gasteiger charge is -2.29. The molecule has 5 nitrogen and oxygen atoms in total. The Labute approximate surface area is 109 Å². The minimum atomic E-state index is -0.956. The summed E-state index contributed by atoms with van der Waals surface area (Å²) in [5, 5.41) is 8.88. The number of urea groups is 1. The number of nitrogens with zero attached hydrogens (tertiary/aromatic N) is 2. The molecular formula is C13H24N2O3. The monoisotopic (exact) mass is 256 g/mol. The second-order valence-corrected chi connectivity index (χ2v) is 6.29. The lowest BCUT2D eigenvalue weighted by atomic mass is 9.93. The molecule has 0 aromatic carbocycles. The molecule has 0 bridgehead atoms. The quantitative estimate of drug-likeness (QED) is 0.835. The topological polar surface area (TPSA) is 60.9 Å². The second-order valence-electron chi connectivity index (χ2n) is 6.29. The zero-order valence-electron chi connectivity index (χ0n) is 11.8. The molecule has 0 aliphatic carbocycles. The molecule has 0 radical (unpaired) electrons. The van der Waals surface area contributed by atoms with Gasteiger partial charge in [-0.2, -0.15) is 0 Å². The van der Waals surface area contributed by atoms with Crippen LogP contribution in [0.25, 0.3) is 0 Å². The van der Waals surface area contributed by atoms with E-state index in [9.17, 15) is 9.59 Å². The van der Waals surface area contributed by atoms with Crippen LogP contribution in [0.1, 0.15) is 34.1 Å². The third kappa shape index (κ3) is 4.20. The van der Waals surface area contributed by atoms with Crippen LogP contribution in [-0.2, 0) is 4.79 Å². The fourth-order valence-electron chi connectivity index (χ4n) is 2.29. The lowest BCUT2D eigenvalue weighted by molar-refractivity contribution is -0.137. The first kappa shape index (κ1) is 14.8. The molecule has 1 heterocycles. The summed E-state index contributed by atoms with van der Waals surface area (Å²) in [5.74, 6) is -0.689. The van der Waals surface area contributed by atoms with Crippen LogP contribution in [-0.4, -0.2) is 53.1 Å². The molecule has 0 unspecified atom stereocenters. The van der Waals surface area contributed by atoms with E-state index < -0.39 is 5.97 Å². The Bertz CT molecular complexity index is 326. The Hall–Kier alpha value is -1.26. The Morgan fingerprint density at radius 1 is 1.39 bits per heavy atom. The minimum absolute atomic E-state index is 0.141. The Balaban J connectivity index is 2.67. The highest BCUT2D eigenvalue weighted by atomic mass is 16.4. The van der Waals surface area contributed by atoms with Gasteiger partial charge in [0.1, 0.15) is 6.54 Å². The van der Waals surface area contributed by atoms with E-state index in [1.165, 1.54) is 4.90 Å². The van der Waals surface area contributed by atoms with Crippen LogP contribution >= 0.6 is 0 Å². The maximum Gasteiger partial charge on any atom is 0.323 e. The van der Waals surface area contributed by atoms with Gasteiger partial charge in [-0.25, -0.2) is 4.79 Å². The number of amides is 2. The van der Waals surface area contributed by atoms with Crippen molar-refractivity contribution < 1.29 is 14.7 Å². The normalized spacial score (nSPS) is 18.2. The number of rotatable bonds is 4. The molecular weight excluding hydrogens is 232 g/mol. The van der Waals surface area contributed by atoms with Gasteiger partial charge in [0.2, 0.25) is 0 Å². The van der Waals surface area contributed by atoms with Gasteiger partial charge in [-0.3, -0.25) is 4.79 Å². The van der Waals surface area contributed by atoms with Crippen LogP contribution in [0.15, 0.2) is 0 Å². The summed E-state index contributed by atoms with van der Waals surface area (Å²) in [7, 11) is 0. The molecule has 0 aromatic rings. The van der Waals surface area contributed by atoms with Crippen molar-refractivity contribution in [3.63, 3.8) is 0 Å². The van der Waals surface area contributed by atoms with E-state index in [1.54, 1.807) is 4.90 Å². The number of hydrogen-bond acceptors (Lipinski definition) is 2. The molecule has 1 aliphatic rings. The fraction of sp³-hybridized carbons (Fsp3) is 0.846. The maximum atomic E-state index is 12.3. The first-order chi connectivity index (χ1) is 8.21. The van der Waals surface area contributed by atoms with Crippen molar-refractivity contribution in [2.75, 3.05) is 26.2 Å². The predicted molar refractivity (Wildman–Crippen MR) is 69.4 cm³/mol. The summed E-state index contributed by atoms with van der Waals surface area (Å²) in [6, 6.07) is -0.142. The van der Waals surface area contributed by atoms with Crippen LogP contribution in [0.5, 0.6) is 0 Å². The Kier molecular flexibility index (Phi) is 4.59. The SMILES string of the molecule is CC(C)CN(CC(=O)O)C(=O)N1CCC(C)(C)C1. The van der Waals surface area contributed by atoms with E-state index in [-0.39, 0.29) is 23.9 Å². The van der Waals surface area contributed by atoms with Crippen LogP contribution in [0.2, 0.25) is 0 Å². The van der Waals surface area contributed by atoms with E-state index >= 15 is 0 Å². The standard InChI is InChI=1S/C13H24N2O3/c1-10(2)7-15(8-11(16)17)12(18)14-6-5-13(3,4)9-14/h10H,5-9H2,1-4H3,(H,16,17). The lowest BCUT2D eigenvalue weighted by Crippen LogP contribution is -2.46. The average molecular weight is 256 g/mol. The second kappa shape index (κ2) is 5.59. The van der Waals surface area contributed by atoms with Gasteiger partial charge in [0.15, 0.2) is 0 Å². The summed E-state index contributed by atoms with van der Waals surface area (Å²) in [4.78, 5) is 26.3. The van der Waals surface area contributed by atoms with Crippen LogP contribution in [0.4, 0.5) is 4.79 Å². The molecule has 0 atom stereocenters.